The minimum Gasteiger partial charge on any atom is -0.461 e. The van der Waals surface area contributed by atoms with Crippen LogP contribution in [0.2, 0.25) is 5.02 Å². The zero-order chi connectivity index (χ0) is 14.0. The second-order valence-corrected chi connectivity index (χ2v) is 5.41. The summed E-state index contributed by atoms with van der Waals surface area (Å²) in [7, 11) is 0. The molecule has 19 heavy (non-hydrogen) atoms. The highest BCUT2D eigenvalue weighted by Crippen LogP contribution is 2.31. The summed E-state index contributed by atoms with van der Waals surface area (Å²) in [6.45, 7) is 3.75. The molecule has 0 amide bonds. The molecule has 2 rings (SSSR count). The van der Waals surface area contributed by atoms with Gasteiger partial charge in [0.15, 0.2) is 5.69 Å². The van der Waals surface area contributed by atoms with Gasteiger partial charge in [-0.2, -0.15) is 0 Å². The molecule has 0 N–H and O–H groups in total. The van der Waals surface area contributed by atoms with Crippen molar-refractivity contribution in [2.45, 2.75) is 13.8 Å². The fourth-order valence-electron chi connectivity index (χ4n) is 1.56. The summed E-state index contributed by atoms with van der Waals surface area (Å²) in [5.74, 6) is -0.950. The van der Waals surface area contributed by atoms with E-state index >= 15 is 0 Å². The molecule has 3 nitrogen and oxygen atoms in total. The number of esters is 1. The molecule has 0 aliphatic rings. The molecule has 0 radical (unpaired) electrons. The Morgan fingerprint density at radius 3 is 2.89 bits per heavy atom. The molecule has 0 saturated heterocycles. The van der Waals surface area contributed by atoms with Crippen molar-refractivity contribution in [3.05, 3.63) is 39.6 Å². The van der Waals surface area contributed by atoms with Gasteiger partial charge in [0.05, 0.1) is 6.61 Å². The predicted molar refractivity (Wildman–Crippen MR) is 73.2 cm³/mol. The minimum atomic E-state index is -0.489. The monoisotopic (exact) mass is 299 g/mol. The predicted octanol–water partition coefficient (Wildman–Crippen LogP) is 4.09. The maximum Gasteiger partial charge on any atom is 0.358 e. The number of thiazole rings is 1. The smallest absolute Gasteiger partial charge is 0.358 e. The van der Waals surface area contributed by atoms with Crippen LogP contribution < -0.4 is 0 Å². The Kier molecular flexibility index (Phi) is 4.17. The second-order valence-electron chi connectivity index (χ2n) is 3.77. The molecule has 6 heteroatoms. The van der Waals surface area contributed by atoms with Gasteiger partial charge in [-0.1, -0.05) is 11.6 Å². The summed E-state index contributed by atoms with van der Waals surface area (Å²) in [4.78, 5) is 16.5. The topological polar surface area (TPSA) is 39.2 Å². The lowest BCUT2D eigenvalue weighted by Crippen LogP contribution is -2.06. The Bertz CT molecular complexity index is 627. The van der Waals surface area contributed by atoms with Crippen LogP contribution >= 0.6 is 22.9 Å². The number of hydrogen-bond acceptors (Lipinski definition) is 4. The zero-order valence-corrected chi connectivity index (χ0v) is 11.9. The van der Waals surface area contributed by atoms with E-state index in [0.717, 1.165) is 0 Å². The van der Waals surface area contributed by atoms with Crippen LogP contribution in [0.25, 0.3) is 10.6 Å². The number of ether oxygens (including phenoxy) is 1. The van der Waals surface area contributed by atoms with Gasteiger partial charge >= 0.3 is 5.97 Å². The summed E-state index contributed by atoms with van der Waals surface area (Å²) in [6, 6.07) is 4.35. The number of aromatic nitrogens is 1. The summed E-state index contributed by atoms with van der Waals surface area (Å²) in [5, 5.41) is 0.759. The van der Waals surface area contributed by atoms with Crippen LogP contribution in [0.1, 0.15) is 22.3 Å². The zero-order valence-electron chi connectivity index (χ0n) is 10.4. The molecule has 0 saturated carbocycles. The fraction of sp³-hybridized carbons (Fsp3) is 0.231. The molecule has 100 valence electrons. The summed E-state index contributed by atoms with van der Waals surface area (Å²) >= 11 is 6.95. The average molecular weight is 300 g/mol. The quantitative estimate of drug-likeness (QED) is 0.801. The molecule has 0 aliphatic carbocycles. The first-order valence-electron chi connectivity index (χ1n) is 5.63. The van der Waals surface area contributed by atoms with Gasteiger partial charge in [0.25, 0.3) is 0 Å². The molecule has 1 aromatic carbocycles. The summed E-state index contributed by atoms with van der Waals surface area (Å²) in [5.41, 5.74) is 0.559. The maximum absolute atomic E-state index is 13.8. The van der Waals surface area contributed by atoms with Crippen LogP contribution in [0.4, 0.5) is 4.39 Å². The minimum absolute atomic E-state index is 0.233. The number of aryl methyl sites for hydroxylation is 1. The Morgan fingerprint density at radius 2 is 2.26 bits per heavy atom. The number of nitrogens with zero attached hydrogens (tertiary/aromatic N) is 1. The number of rotatable bonds is 3. The van der Waals surface area contributed by atoms with Gasteiger partial charge in [-0.15, -0.1) is 11.3 Å². The largest absolute Gasteiger partial charge is 0.461 e. The lowest BCUT2D eigenvalue weighted by molar-refractivity contribution is 0.0519. The number of carbonyl (C=O) groups excluding carboxylic acids is 1. The molecular formula is C13H11ClFNO2S. The van der Waals surface area contributed by atoms with Gasteiger partial charge < -0.3 is 4.74 Å². The van der Waals surface area contributed by atoms with Crippen LogP contribution in [0.15, 0.2) is 18.2 Å². The molecule has 1 aromatic heterocycles. The molecule has 0 fully saturated rings. The maximum atomic E-state index is 13.8. The van der Waals surface area contributed by atoms with E-state index in [0.29, 0.717) is 20.5 Å². The van der Waals surface area contributed by atoms with Crippen molar-refractivity contribution in [1.82, 2.24) is 4.98 Å². The van der Waals surface area contributed by atoms with Crippen molar-refractivity contribution in [3.63, 3.8) is 0 Å². The molecule has 0 unspecified atom stereocenters. The fourth-order valence-corrected chi connectivity index (χ4v) is 2.65. The standard InChI is InChI=1S/C13H11ClFNO2S/c1-3-18-13(17)11-7(2)19-12(16-11)9-5-4-8(14)6-10(9)15/h4-6H,3H2,1-2H3. The second kappa shape index (κ2) is 5.67. The molecule has 0 aliphatic heterocycles. The highest BCUT2D eigenvalue weighted by atomic mass is 35.5. The van der Waals surface area contributed by atoms with E-state index in [2.05, 4.69) is 4.98 Å². The van der Waals surface area contributed by atoms with Crippen molar-refractivity contribution in [3.8, 4) is 10.6 Å². The van der Waals surface area contributed by atoms with Crippen molar-refractivity contribution >= 4 is 28.9 Å². The first-order chi connectivity index (χ1) is 9.02. The van der Waals surface area contributed by atoms with Crippen LogP contribution in [-0.4, -0.2) is 17.6 Å². The highest BCUT2D eigenvalue weighted by molar-refractivity contribution is 7.15. The molecule has 0 atom stereocenters. The molecule has 0 bridgehead atoms. The van der Waals surface area contributed by atoms with E-state index in [9.17, 15) is 9.18 Å². The third-order valence-corrected chi connectivity index (χ3v) is 3.67. The van der Waals surface area contributed by atoms with Crippen LogP contribution in [0.5, 0.6) is 0 Å². The number of benzene rings is 1. The van der Waals surface area contributed by atoms with E-state index in [-0.39, 0.29) is 12.3 Å². The molecular weight excluding hydrogens is 289 g/mol. The number of carbonyl (C=O) groups is 1. The Balaban J connectivity index is 2.42. The van der Waals surface area contributed by atoms with Crippen molar-refractivity contribution in [2.24, 2.45) is 0 Å². The summed E-state index contributed by atoms with van der Waals surface area (Å²) in [6.07, 6.45) is 0. The van der Waals surface area contributed by atoms with E-state index in [1.165, 1.54) is 17.4 Å². The first kappa shape index (κ1) is 14.0. The van der Waals surface area contributed by atoms with Crippen molar-refractivity contribution in [2.75, 3.05) is 6.61 Å². The number of halogens is 2. The van der Waals surface area contributed by atoms with E-state index in [1.807, 2.05) is 0 Å². The summed E-state index contributed by atoms with van der Waals surface area (Å²) < 4.78 is 18.7. The van der Waals surface area contributed by atoms with E-state index < -0.39 is 11.8 Å². The third-order valence-electron chi connectivity index (χ3n) is 2.43. The average Bonchev–Trinajstić information content (AvgIpc) is 2.71. The van der Waals surface area contributed by atoms with Gasteiger partial charge in [0, 0.05) is 15.5 Å². The normalized spacial score (nSPS) is 10.5. The van der Waals surface area contributed by atoms with Crippen molar-refractivity contribution < 1.29 is 13.9 Å². The lowest BCUT2D eigenvalue weighted by Gasteiger charge is -1.99. The third kappa shape index (κ3) is 2.93. The lowest BCUT2D eigenvalue weighted by atomic mass is 10.2. The van der Waals surface area contributed by atoms with E-state index in [1.54, 1.807) is 26.0 Å². The highest BCUT2D eigenvalue weighted by Gasteiger charge is 2.18. The first-order valence-corrected chi connectivity index (χ1v) is 6.82. The van der Waals surface area contributed by atoms with Crippen molar-refractivity contribution in [1.29, 1.82) is 0 Å². The Hall–Kier alpha value is -1.46. The van der Waals surface area contributed by atoms with Gasteiger partial charge in [-0.3, -0.25) is 0 Å². The molecule has 1 heterocycles. The van der Waals surface area contributed by atoms with Gasteiger partial charge in [-0.25, -0.2) is 14.2 Å². The van der Waals surface area contributed by atoms with Gasteiger partial charge in [-0.05, 0) is 32.0 Å². The van der Waals surface area contributed by atoms with Crippen LogP contribution in [-0.2, 0) is 4.74 Å². The van der Waals surface area contributed by atoms with Crippen LogP contribution in [0.3, 0.4) is 0 Å². The van der Waals surface area contributed by atoms with Crippen LogP contribution in [0, 0.1) is 12.7 Å². The Labute approximate surface area is 119 Å². The molecule has 0 spiro atoms. The SMILES string of the molecule is CCOC(=O)c1nc(-c2ccc(Cl)cc2F)sc1C. The van der Waals surface area contributed by atoms with Gasteiger partial charge in [0.2, 0.25) is 0 Å². The van der Waals surface area contributed by atoms with Gasteiger partial charge in [0.1, 0.15) is 10.8 Å². The Morgan fingerprint density at radius 1 is 1.53 bits per heavy atom. The number of hydrogen-bond donors (Lipinski definition) is 0. The molecule has 2 aromatic rings. The van der Waals surface area contributed by atoms with E-state index in [4.69, 9.17) is 16.3 Å².